The second-order valence-corrected chi connectivity index (χ2v) is 2.52. The van der Waals surface area contributed by atoms with Crippen LogP contribution in [-0.4, -0.2) is 39.3 Å². The van der Waals surface area contributed by atoms with Crippen molar-refractivity contribution in [1.82, 2.24) is 15.8 Å². The second-order valence-electron chi connectivity index (χ2n) is 2.52. The fourth-order valence-corrected chi connectivity index (χ4v) is 0.960. The molecular formula is C3H6N6O5. The van der Waals surface area contributed by atoms with E-state index in [-0.39, 0.29) is 6.54 Å². The van der Waals surface area contributed by atoms with Gasteiger partial charge in [-0.3, -0.25) is 10.1 Å². The molecule has 1 fully saturated rings. The van der Waals surface area contributed by atoms with Crippen LogP contribution in [0.25, 0.3) is 0 Å². The molecule has 11 heteroatoms. The van der Waals surface area contributed by atoms with Gasteiger partial charge in [0.15, 0.2) is 11.6 Å². The van der Waals surface area contributed by atoms with Gasteiger partial charge in [0.05, 0.1) is 5.29 Å². The Morgan fingerprint density at radius 1 is 1.36 bits per heavy atom. The summed E-state index contributed by atoms with van der Waals surface area (Å²) >= 11 is 0. The van der Waals surface area contributed by atoms with Gasteiger partial charge in [0.1, 0.15) is 6.54 Å². The molecule has 0 saturated carbocycles. The Morgan fingerprint density at radius 2 is 2.00 bits per heavy atom. The second kappa shape index (κ2) is 3.78. The van der Waals surface area contributed by atoms with E-state index in [0.29, 0.717) is 10.2 Å². The third-order valence-corrected chi connectivity index (χ3v) is 1.59. The van der Waals surface area contributed by atoms with Crippen LogP contribution < -0.4 is 5.53 Å². The number of nitro groups is 2. The van der Waals surface area contributed by atoms with Crippen molar-refractivity contribution in [2.75, 3.05) is 13.1 Å². The van der Waals surface area contributed by atoms with Crippen molar-refractivity contribution < 1.29 is 9.96 Å². The van der Waals surface area contributed by atoms with Crippen molar-refractivity contribution in [1.29, 1.82) is 0 Å². The number of nitrogens with zero attached hydrogens (tertiary/aromatic N) is 5. The first-order chi connectivity index (χ1) is 6.54. The molecule has 1 rings (SSSR count). The van der Waals surface area contributed by atoms with Gasteiger partial charge in [-0.05, 0) is 5.12 Å². The fraction of sp³-hybridized carbons (Fsp3) is 1.00. The summed E-state index contributed by atoms with van der Waals surface area (Å²) in [6.45, 7) is -0.729. The van der Waals surface area contributed by atoms with Gasteiger partial charge in [0.2, 0.25) is 0 Å². The molecule has 78 valence electrons. The number of hydrogen-bond donors (Lipinski definition) is 1. The highest BCUT2D eigenvalue weighted by atomic mass is 16.7. The smallest absolute Gasteiger partial charge is 0.258 e. The minimum atomic E-state index is -1.22. The van der Waals surface area contributed by atoms with Crippen LogP contribution in [0, 0.1) is 25.1 Å². The zero-order chi connectivity index (χ0) is 10.7. The van der Waals surface area contributed by atoms with Crippen LogP contribution in [0.5, 0.6) is 0 Å². The lowest BCUT2D eigenvalue weighted by molar-refractivity contribution is -0.695. The van der Waals surface area contributed by atoms with Crippen molar-refractivity contribution in [3.63, 3.8) is 0 Å². The molecule has 0 amide bonds. The summed E-state index contributed by atoms with van der Waals surface area (Å²) in [5.41, 5.74) is 1.97. The molecule has 0 aromatic heterocycles. The predicted molar refractivity (Wildman–Crippen MR) is 40.1 cm³/mol. The maximum Gasteiger partial charge on any atom is 0.258 e. The summed E-state index contributed by atoms with van der Waals surface area (Å²) in [4.78, 5) is 29.9. The topological polar surface area (TPSA) is 134 Å². The normalized spacial score (nSPS) is 21.9. The summed E-state index contributed by atoms with van der Waals surface area (Å²) in [5.74, 6) is 0. The number of hydrogen-bond acceptors (Lipinski definition) is 7. The molecule has 1 aliphatic heterocycles. The summed E-state index contributed by atoms with van der Waals surface area (Å²) in [5, 5.41) is 22.9. The van der Waals surface area contributed by atoms with Crippen LogP contribution in [0.1, 0.15) is 0 Å². The van der Waals surface area contributed by atoms with E-state index >= 15 is 0 Å². The monoisotopic (exact) mass is 206 g/mol. The molecule has 11 nitrogen and oxygen atoms in total. The van der Waals surface area contributed by atoms with Gasteiger partial charge in [0, 0.05) is 4.92 Å². The highest BCUT2D eigenvalue weighted by molar-refractivity contribution is 4.65. The van der Waals surface area contributed by atoms with Crippen molar-refractivity contribution in [2.24, 2.45) is 5.29 Å². The van der Waals surface area contributed by atoms with E-state index in [1.807, 2.05) is 5.53 Å². The van der Waals surface area contributed by atoms with Crippen LogP contribution in [0.15, 0.2) is 5.29 Å². The van der Waals surface area contributed by atoms with Crippen molar-refractivity contribution in [2.45, 2.75) is 6.04 Å². The lowest BCUT2D eigenvalue weighted by atomic mass is 10.3. The molecule has 1 N–H and O–H groups in total. The molecule has 1 heterocycles. The van der Waals surface area contributed by atoms with E-state index in [1.54, 1.807) is 0 Å². The summed E-state index contributed by atoms with van der Waals surface area (Å²) in [7, 11) is 0. The molecule has 0 spiro atoms. The Balaban J connectivity index is 2.70. The zero-order valence-corrected chi connectivity index (χ0v) is 6.77. The van der Waals surface area contributed by atoms with Gasteiger partial charge in [-0.1, -0.05) is 5.53 Å². The van der Waals surface area contributed by atoms with Crippen molar-refractivity contribution in [3.8, 4) is 0 Å². The molecule has 0 radical (unpaired) electrons. The van der Waals surface area contributed by atoms with Crippen LogP contribution >= 0.6 is 0 Å². The number of nitrogens with one attached hydrogen (secondary N) is 1. The van der Waals surface area contributed by atoms with Crippen LogP contribution in [0.4, 0.5) is 0 Å². The molecule has 1 aliphatic rings. The van der Waals surface area contributed by atoms with E-state index in [1.165, 1.54) is 0 Å². The summed E-state index contributed by atoms with van der Waals surface area (Å²) < 4.78 is 0. The first kappa shape index (κ1) is 10.0. The molecular weight excluding hydrogens is 200 g/mol. The third kappa shape index (κ3) is 2.01. The van der Waals surface area contributed by atoms with Gasteiger partial charge in [-0.15, -0.1) is 4.91 Å². The van der Waals surface area contributed by atoms with E-state index in [4.69, 9.17) is 0 Å². The Labute approximate surface area is 76.4 Å². The lowest BCUT2D eigenvalue weighted by Crippen LogP contribution is -2.62. The molecule has 0 bridgehead atoms. The van der Waals surface area contributed by atoms with E-state index in [9.17, 15) is 25.1 Å². The Hall–Kier alpha value is -2.04. The molecule has 0 aromatic carbocycles. The SMILES string of the molecule is O=NN1CC([N+](=O)[O-])CN([N+](=O)[O-])N1. The van der Waals surface area contributed by atoms with Crippen molar-refractivity contribution >= 4 is 0 Å². The predicted octanol–water partition coefficient (Wildman–Crippen LogP) is -1.46. The van der Waals surface area contributed by atoms with E-state index < -0.39 is 22.5 Å². The molecule has 1 saturated heterocycles. The van der Waals surface area contributed by atoms with Crippen LogP contribution in [0.3, 0.4) is 0 Å². The Morgan fingerprint density at radius 3 is 2.43 bits per heavy atom. The average Bonchev–Trinajstić information content (AvgIpc) is 2.16. The van der Waals surface area contributed by atoms with Gasteiger partial charge >= 0.3 is 0 Å². The first-order valence-electron chi connectivity index (χ1n) is 3.47. The number of nitroso groups, excluding NO2 is 1. The number of hydrazine groups is 3. The minimum absolute atomic E-state index is 0.305. The quantitative estimate of drug-likeness (QED) is 0.336. The maximum absolute atomic E-state index is 10.3. The number of rotatable bonds is 3. The third-order valence-electron chi connectivity index (χ3n) is 1.59. The standard InChI is InChI=1S/C3H6N6O5/c10-5-6-1-3(8(11)12)2-7(4-6)9(13)14/h3-4H,1-2H2. The van der Waals surface area contributed by atoms with Gasteiger partial charge in [-0.25, -0.2) is 10.1 Å². The molecule has 1 atom stereocenters. The molecule has 14 heavy (non-hydrogen) atoms. The van der Waals surface area contributed by atoms with E-state index in [0.717, 1.165) is 0 Å². The van der Waals surface area contributed by atoms with Crippen LogP contribution in [0.2, 0.25) is 0 Å². The molecule has 0 aliphatic carbocycles. The van der Waals surface area contributed by atoms with E-state index in [2.05, 4.69) is 5.29 Å². The van der Waals surface area contributed by atoms with Gasteiger partial charge in [0.25, 0.3) is 6.04 Å². The summed E-state index contributed by atoms with van der Waals surface area (Å²) in [6.07, 6.45) is 0. The highest BCUT2D eigenvalue weighted by Gasteiger charge is 2.38. The first-order valence-corrected chi connectivity index (χ1v) is 3.47. The van der Waals surface area contributed by atoms with Crippen LogP contribution in [-0.2, 0) is 0 Å². The Kier molecular flexibility index (Phi) is 2.71. The Bertz CT molecular complexity index is 246. The lowest BCUT2D eigenvalue weighted by Gasteiger charge is -2.27. The largest absolute Gasteiger partial charge is 0.264 e. The minimum Gasteiger partial charge on any atom is -0.264 e. The van der Waals surface area contributed by atoms with Crippen molar-refractivity contribution in [3.05, 3.63) is 25.1 Å². The fourth-order valence-electron chi connectivity index (χ4n) is 0.960. The molecule has 0 aromatic rings. The maximum atomic E-state index is 10.3. The van der Waals surface area contributed by atoms with Gasteiger partial charge < -0.3 is 0 Å². The summed E-state index contributed by atoms with van der Waals surface area (Å²) in [6, 6.07) is -1.22. The highest BCUT2D eigenvalue weighted by Crippen LogP contribution is 2.04. The zero-order valence-electron chi connectivity index (χ0n) is 6.77. The average molecular weight is 206 g/mol. The molecule has 1 unspecified atom stereocenters. The van der Waals surface area contributed by atoms with Gasteiger partial charge in [-0.2, -0.15) is 5.12 Å².